The lowest BCUT2D eigenvalue weighted by molar-refractivity contribution is -0.149. The van der Waals surface area contributed by atoms with E-state index in [0.717, 1.165) is 0 Å². The maximum absolute atomic E-state index is 11.2. The van der Waals surface area contributed by atoms with Crippen LogP contribution in [-0.4, -0.2) is 23.3 Å². The Labute approximate surface area is 64.7 Å². The van der Waals surface area contributed by atoms with E-state index in [0.29, 0.717) is 6.42 Å². The van der Waals surface area contributed by atoms with Gasteiger partial charge in [-0.1, -0.05) is 6.08 Å². The molecule has 1 heterocycles. The monoisotopic (exact) mass is 154 g/mol. The van der Waals surface area contributed by atoms with Gasteiger partial charge in [-0.25, -0.2) is 0 Å². The maximum Gasteiger partial charge on any atom is 0.315 e. The molecule has 0 saturated carbocycles. The lowest BCUT2D eigenvalue weighted by atomic mass is 9.78. The smallest absolute Gasteiger partial charge is 0.315 e. The van der Waals surface area contributed by atoms with Crippen molar-refractivity contribution in [3.05, 3.63) is 12.2 Å². The number of rotatable bonds is 0. The summed E-state index contributed by atoms with van der Waals surface area (Å²) in [6.45, 7) is 1.74. The van der Waals surface area contributed by atoms with Crippen LogP contribution in [0.3, 0.4) is 0 Å². The molecule has 0 spiro atoms. The molecule has 0 amide bonds. The average molecular weight is 154 g/mol. The molecule has 3 nitrogen and oxygen atoms in total. The number of ether oxygens (including phenoxy) is 1. The van der Waals surface area contributed by atoms with Crippen LogP contribution in [0.15, 0.2) is 12.2 Å². The summed E-state index contributed by atoms with van der Waals surface area (Å²) >= 11 is 0. The summed E-state index contributed by atoms with van der Waals surface area (Å²) in [5.41, 5.74) is -0.681. The zero-order chi connectivity index (χ0) is 8.06. The number of carbonyl (C=O) groups excluding carboxylic acids is 1. The summed E-state index contributed by atoms with van der Waals surface area (Å²) in [6.07, 6.45) is 3.23. The fourth-order valence-corrected chi connectivity index (χ4v) is 1.61. The number of esters is 1. The van der Waals surface area contributed by atoms with E-state index in [1.807, 2.05) is 0 Å². The summed E-state index contributed by atoms with van der Waals surface area (Å²) in [6, 6.07) is 0. The van der Waals surface area contributed by atoms with Gasteiger partial charge in [-0.15, -0.1) is 0 Å². The van der Waals surface area contributed by atoms with E-state index in [-0.39, 0.29) is 12.1 Å². The standard InChI is InChI=1S/C8H10O3/c1-8-4-5(11-7(8)10)2-3-6(8)9/h2-3,5-6,9H,4H2,1H3. The third-order valence-corrected chi connectivity index (χ3v) is 2.51. The second kappa shape index (κ2) is 1.85. The highest BCUT2D eigenvalue weighted by Crippen LogP contribution is 2.40. The number of aliphatic hydroxyl groups excluding tert-OH is 1. The minimum atomic E-state index is -0.681. The van der Waals surface area contributed by atoms with E-state index in [4.69, 9.17) is 4.74 Å². The van der Waals surface area contributed by atoms with Crippen molar-refractivity contribution < 1.29 is 14.6 Å². The largest absolute Gasteiger partial charge is 0.458 e. The Bertz CT molecular complexity index is 233. The van der Waals surface area contributed by atoms with Gasteiger partial charge in [0.05, 0.1) is 11.5 Å². The quantitative estimate of drug-likeness (QED) is 0.401. The second-order valence-corrected chi connectivity index (χ2v) is 3.40. The zero-order valence-electron chi connectivity index (χ0n) is 6.28. The van der Waals surface area contributed by atoms with Crippen molar-refractivity contribution in [2.24, 2.45) is 5.41 Å². The molecule has 0 aromatic carbocycles. The highest BCUT2D eigenvalue weighted by Gasteiger charge is 2.51. The fourth-order valence-electron chi connectivity index (χ4n) is 1.61. The van der Waals surface area contributed by atoms with Crippen molar-refractivity contribution in [1.29, 1.82) is 0 Å². The molecule has 0 aromatic heterocycles. The Morgan fingerprint density at radius 1 is 1.73 bits per heavy atom. The van der Waals surface area contributed by atoms with E-state index in [9.17, 15) is 9.90 Å². The minimum Gasteiger partial charge on any atom is -0.458 e. The van der Waals surface area contributed by atoms with Gasteiger partial charge in [0.15, 0.2) is 0 Å². The van der Waals surface area contributed by atoms with Crippen molar-refractivity contribution in [2.75, 3.05) is 0 Å². The Kier molecular flexibility index (Phi) is 1.16. The van der Waals surface area contributed by atoms with Crippen LogP contribution in [0, 0.1) is 5.41 Å². The molecule has 1 aliphatic carbocycles. The van der Waals surface area contributed by atoms with E-state index in [2.05, 4.69) is 0 Å². The predicted octanol–water partition coefficient (Wildman–Crippen LogP) is 0.239. The third-order valence-electron chi connectivity index (χ3n) is 2.51. The van der Waals surface area contributed by atoms with Gasteiger partial charge < -0.3 is 9.84 Å². The van der Waals surface area contributed by atoms with Gasteiger partial charge in [0.1, 0.15) is 6.10 Å². The van der Waals surface area contributed by atoms with Crippen molar-refractivity contribution in [1.82, 2.24) is 0 Å². The summed E-state index contributed by atoms with van der Waals surface area (Å²) in [4.78, 5) is 11.2. The molecule has 60 valence electrons. The van der Waals surface area contributed by atoms with Crippen LogP contribution in [0.25, 0.3) is 0 Å². The van der Waals surface area contributed by atoms with Gasteiger partial charge in [-0.3, -0.25) is 4.79 Å². The summed E-state index contributed by atoms with van der Waals surface area (Å²) in [5, 5.41) is 9.44. The Morgan fingerprint density at radius 3 is 3.09 bits per heavy atom. The molecule has 3 atom stereocenters. The second-order valence-electron chi connectivity index (χ2n) is 3.40. The molecule has 2 aliphatic rings. The van der Waals surface area contributed by atoms with Gasteiger partial charge in [0, 0.05) is 6.42 Å². The Hall–Kier alpha value is -0.830. The summed E-state index contributed by atoms with van der Waals surface area (Å²) in [7, 11) is 0. The van der Waals surface area contributed by atoms with E-state index >= 15 is 0 Å². The first-order valence-corrected chi connectivity index (χ1v) is 3.70. The Balaban J connectivity index is 2.40. The topological polar surface area (TPSA) is 46.5 Å². The van der Waals surface area contributed by atoms with Gasteiger partial charge >= 0.3 is 5.97 Å². The molecular weight excluding hydrogens is 144 g/mol. The number of fused-ring (bicyclic) bond motifs is 2. The van der Waals surface area contributed by atoms with Gasteiger partial charge in [-0.05, 0) is 13.0 Å². The summed E-state index contributed by atoms with van der Waals surface area (Å²) in [5.74, 6) is -0.278. The molecule has 11 heavy (non-hydrogen) atoms. The first-order valence-electron chi connectivity index (χ1n) is 3.70. The zero-order valence-corrected chi connectivity index (χ0v) is 6.28. The first-order chi connectivity index (χ1) is 5.13. The van der Waals surface area contributed by atoms with Crippen LogP contribution in [0.1, 0.15) is 13.3 Å². The third kappa shape index (κ3) is 0.744. The average Bonchev–Trinajstić information content (AvgIpc) is 2.19. The van der Waals surface area contributed by atoms with Crippen LogP contribution in [0.5, 0.6) is 0 Å². The maximum atomic E-state index is 11.2. The summed E-state index contributed by atoms with van der Waals surface area (Å²) < 4.78 is 4.97. The molecule has 0 aromatic rings. The van der Waals surface area contributed by atoms with Gasteiger partial charge in [0.25, 0.3) is 0 Å². The van der Waals surface area contributed by atoms with Gasteiger partial charge in [-0.2, -0.15) is 0 Å². The lowest BCUT2D eigenvalue weighted by Crippen LogP contribution is -2.36. The number of hydrogen-bond acceptors (Lipinski definition) is 3. The van der Waals surface area contributed by atoms with E-state index < -0.39 is 11.5 Å². The van der Waals surface area contributed by atoms with Crippen LogP contribution < -0.4 is 0 Å². The fraction of sp³-hybridized carbons (Fsp3) is 0.625. The van der Waals surface area contributed by atoms with Crippen LogP contribution in [0.4, 0.5) is 0 Å². The molecule has 1 aliphatic heterocycles. The van der Waals surface area contributed by atoms with Crippen molar-refractivity contribution in [3.63, 3.8) is 0 Å². The van der Waals surface area contributed by atoms with Crippen LogP contribution >= 0.6 is 0 Å². The number of carbonyl (C=O) groups is 1. The molecule has 2 rings (SSSR count). The van der Waals surface area contributed by atoms with Crippen molar-refractivity contribution >= 4 is 5.97 Å². The van der Waals surface area contributed by atoms with Crippen LogP contribution in [0.2, 0.25) is 0 Å². The van der Waals surface area contributed by atoms with Gasteiger partial charge in [0.2, 0.25) is 0 Å². The molecule has 2 bridgehead atoms. The molecule has 3 unspecified atom stereocenters. The van der Waals surface area contributed by atoms with E-state index in [1.54, 1.807) is 19.1 Å². The lowest BCUT2D eigenvalue weighted by Gasteiger charge is -2.24. The minimum absolute atomic E-state index is 0.101. The van der Waals surface area contributed by atoms with Crippen LogP contribution in [-0.2, 0) is 9.53 Å². The molecule has 0 radical (unpaired) electrons. The highest BCUT2D eigenvalue weighted by atomic mass is 16.6. The molecule has 1 N–H and O–H groups in total. The normalized spacial score (nSPS) is 47.6. The van der Waals surface area contributed by atoms with Crippen molar-refractivity contribution in [2.45, 2.75) is 25.6 Å². The molecule has 1 saturated heterocycles. The van der Waals surface area contributed by atoms with Crippen molar-refractivity contribution in [3.8, 4) is 0 Å². The SMILES string of the molecule is CC12CC(C=CC1O)OC2=O. The molecular formula is C8H10O3. The molecule has 3 heteroatoms. The number of aliphatic hydroxyl groups is 1. The first kappa shape index (κ1) is 6.85. The highest BCUT2D eigenvalue weighted by molar-refractivity contribution is 5.80. The number of hydrogen-bond donors (Lipinski definition) is 1. The van der Waals surface area contributed by atoms with E-state index in [1.165, 1.54) is 0 Å². The Morgan fingerprint density at radius 2 is 2.45 bits per heavy atom. The molecule has 1 fully saturated rings. The predicted molar refractivity (Wildman–Crippen MR) is 37.8 cm³/mol.